The molecule has 1 saturated carbocycles. The highest BCUT2D eigenvalue weighted by Gasteiger charge is 2.43. The molecule has 3 aromatic rings. The highest BCUT2D eigenvalue weighted by Crippen LogP contribution is 2.44. The van der Waals surface area contributed by atoms with Crippen LogP contribution in [0.25, 0.3) is 6.08 Å². The normalized spacial score (nSPS) is 19.9. The lowest BCUT2D eigenvalue weighted by atomic mass is 9.77. The fourth-order valence-electron chi connectivity index (χ4n) is 4.76. The van der Waals surface area contributed by atoms with Crippen LogP contribution in [0.15, 0.2) is 82.1 Å². The molecule has 1 fully saturated rings. The minimum Gasteiger partial charge on any atom is -0.452 e. The number of hydrazone groups is 1. The smallest absolute Gasteiger partial charge is 0.340 e. The summed E-state index contributed by atoms with van der Waals surface area (Å²) >= 11 is 3.26. The number of ether oxygens (including phenoxy) is 1. The Kier molecular flexibility index (Phi) is 7.23. The molecule has 188 valence electrons. The zero-order valence-electron chi connectivity index (χ0n) is 19.6. The number of aromatic nitrogens is 1. The third kappa shape index (κ3) is 5.51. The Balaban J connectivity index is 1.43. The van der Waals surface area contributed by atoms with Crippen molar-refractivity contribution >= 4 is 39.6 Å². The Morgan fingerprint density at radius 3 is 2.46 bits per heavy atom. The number of nitrogens with zero attached hydrogens (tertiary/aromatic N) is 3. The van der Waals surface area contributed by atoms with Crippen LogP contribution in [-0.2, 0) is 9.53 Å². The van der Waals surface area contributed by atoms with E-state index in [1.165, 1.54) is 41.7 Å². The maximum absolute atomic E-state index is 13.7. The molecule has 2 atom stereocenters. The summed E-state index contributed by atoms with van der Waals surface area (Å²) in [7, 11) is 0. The van der Waals surface area contributed by atoms with Crippen LogP contribution >= 0.6 is 15.9 Å². The maximum atomic E-state index is 13.7. The highest BCUT2D eigenvalue weighted by atomic mass is 79.9. The first-order chi connectivity index (χ1) is 17.9. The van der Waals surface area contributed by atoms with Crippen molar-refractivity contribution in [2.45, 2.75) is 25.3 Å². The first-order valence-electron chi connectivity index (χ1n) is 11.8. The number of allylic oxidation sites excluding steroid dienone is 1. The molecule has 2 aromatic carbocycles. The van der Waals surface area contributed by atoms with E-state index in [4.69, 9.17) is 9.84 Å². The summed E-state index contributed by atoms with van der Waals surface area (Å²) in [4.78, 5) is 29.7. The van der Waals surface area contributed by atoms with E-state index in [-0.39, 0.29) is 23.1 Å². The second-order valence-electron chi connectivity index (χ2n) is 8.91. The van der Waals surface area contributed by atoms with Crippen molar-refractivity contribution in [1.82, 2.24) is 9.99 Å². The summed E-state index contributed by atoms with van der Waals surface area (Å²) in [5, 5.41) is 6.05. The van der Waals surface area contributed by atoms with E-state index in [1.54, 1.807) is 30.3 Å². The molecule has 2 aliphatic rings. The zero-order chi connectivity index (χ0) is 25.9. The zero-order valence-corrected chi connectivity index (χ0v) is 21.2. The molecule has 9 heteroatoms. The first kappa shape index (κ1) is 25.0. The van der Waals surface area contributed by atoms with Crippen LogP contribution in [0.5, 0.6) is 0 Å². The van der Waals surface area contributed by atoms with Gasteiger partial charge >= 0.3 is 5.97 Å². The SMILES string of the molecule is O=C(OCC(=O)N1N=C2C(=Cc3ccc(F)cc3)CCCC2C1c1ccc(F)cc1)c1cncc(Br)c1. The molecule has 2 heterocycles. The van der Waals surface area contributed by atoms with E-state index >= 15 is 0 Å². The summed E-state index contributed by atoms with van der Waals surface area (Å²) in [5.74, 6) is -1.98. The van der Waals surface area contributed by atoms with Crippen LogP contribution in [0, 0.1) is 17.6 Å². The summed E-state index contributed by atoms with van der Waals surface area (Å²) in [6.45, 7) is -0.510. The monoisotopic (exact) mass is 565 g/mol. The Hall–Kier alpha value is -3.72. The average molecular weight is 566 g/mol. The van der Waals surface area contributed by atoms with Gasteiger partial charge in [-0.15, -0.1) is 0 Å². The van der Waals surface area contributed by atoms with Gasteiger partial charge in [-0.05, 0) is 88.3 Å². The Bertz CT molecular complexity index is 1390. The highest BCUT2D eigenvalue weighted by molar-refractivity contribution is 9.10. The number of amides is 1. The fourth-order valence-corrected chi connectivity index (χ4v) is 5.13. The van der Waals surface area contributed by atoms with Crippen molar-refractivity contribution < 1.29 is 23.1 Å². The van der Waals surface area contributed by atoms with Crippen molar-refractivity contribution in [3.8, 4) is 0 Å². The van der Waals surface area contributed by atoms with E-state index in [9.17, 15) is 18.4 Å². The van der Waals surface area contributed by atoms with Crippen molar-refractivity contribution in [2.24, 2.45) is 11.0 Å². The Morgan fingerprint density at radius 1 is 1.05 bits per heavy atom. The molecule has 1 aliphatic heterocycles. The molecule has 0 saturated heterocycles. The molecular weight excluding hydrogens is 544 g/mol. The summed E-state index contributed by atoms with van der Waals surface area (Å²) in [6.07, 6.45) is 7.27. The number of hydrogen-bond acceptors (Lipinski definition) is 5. The number of hydrogen-bond donors (Lipinski definition) is 0. The minimum absolute atomic E-state index is 0.111. The second-order valence-corrected chi connectivity index (χ2v) is 9.82. The number of halogens is 3. The number of rotatable bonds is 5. The van der Waals surface area contributed by atoms with Crippen molar-refractivity contribution in [2.75, 3.05) is 6.61 Å². The summed E-state index contributed by atoms with van der Waals surface area (Å²) < 4.78 is 33.0. The van der Waals surface area contributed by atoms with Crippen LogP contribution in [0.1, 0.15) is 46.8 Å². The second kappa shape index (κ2) is 10.7. The third-order valence-electron chi connectivity index (χ3n) is 6.45. The van der Waals surface area contributed by atoms with Gasteiger partial charge in [0.05, 0.1) is 17.3 Å². The number of carbonyl (C=O) groups is 2. The lowest BCUT2D eigenvalue weighted by molar-refractivity contribution is -0.137. The Morgan fingerprint density at radius 2 is 1.76 bits per heavy atom. The molecule has 0 radical (unpaired) electrons. The van der Waals surface area contributed by atoms with Gasteiger partial charge in [-0.25, -0.2) is 18.6 Å². The molecule has 1 amide bonds. The van der Waals surface area contributed by atoms with Crippen molar-refractivity contribution in [1.29, 1.82) is 0 Å². The molecule has 0 spiro atoms. The van der Waals surface area contributed by atoms with Gasteiger partial charge in [-0.2, -0.15) is 5.10 Å². The number of esters is 1. The van der Waals surface area contributed by atoms with Crippen LogP contribution in [-0.4, -0.2) is 34.2 Å². The molecule has 0 bridgehead atoms. The molecule has 37 heavy (non-hydrogen) atoms. The molecule has 1 aromatic heterocycles. The van der Waals surface area contributed by atoms with Crippen LogP contribution < -0.4 is 0 Å². The topological polar surface area (TPSA) is 71.9 Å². The summed E-state index contributed by atoms with van der Waals surface area (Å²) in [5.41, 5.74) is 3.51. The van der Waals surface area contributed by atoms with E-state index in [1.807, 2.05) is 6.08 Å². The van der Waals surface area contributed by atoms with E-state index in [0.29, 0.717) is 4.47 Å². The molecule has 5 rings (SSSR count). The number of benzene rings is 2. The lowest BCUT2D eigenvalue weighted by Crippen LogP contribution is -2.34. The minimum atomic E-state index is -0.679. The molecule has 2 unspecified atom stereocenters. The van der Waals surface area contributed by atoms with E-state index < -0.39 is 24.5 Å². The first-order valence-corrected chi connectivity index (χ1v) is 12.6. The Labute approximate surface area is 220 Å². The van der Waals surface area contributed by atoms with E-state index in [0.717, 1.165) is 41.7 Å². The van der Waals surface area contributed by atoms with Crippen LogP contribution in [0.3, 0.4) is 0 Å². The quantitative estimate of drug-likeness (QED) is 0.350. The molecule has 1 aliphatic carbocycles. The predicted molar refractivity (Wildman–Crippen MR) is 137 cm³/mol. The molecular formula is C28H22BrF2N3O3. The van der Waals surface area contributed by atoms with Gasteiger partial charge in [-0.1, -0.05) is 24.3 Å². The van der Waals surface area contributed by atoms with Crippen molar-refractivity contribution in [3.63, 3.8) is 0 Å². The van der Waals surface area contributed by atoms with Gasteiger partial charge in [-0.3, -0.25) is 9.78 Å². The molecule has 6 nitrogen and oxygen atoms in total. The number of fused-ring (bicyclic) bond motifs is 1. The lowest BCUT2D eigenvalue weighted by Gasteiger charge is -2.29. The third-order valence-corrected chi connectivity index (χ3v) is 6.88. The number of pyridine rings is 1. The van der Waals surface area contributed by atoms with Crippen LogP contribution in [0.2, 0.25) is 0 Å². The fraction of sp³-hybridized carbons (Fsp3) is 0.214. The van der Waals surface area contributed by atoms with Gasteiger partial charge in [0.15, 0.2) is 6.61 Å². The largest absolute Gasteiger partial charge is 0.452 e. The molecule has 0 N–H and O–H groups in total. The summed E-state index contributed by atoms with van der Waals surface area (Å²) in [6, 6.07) is 13.3. The van der Waals surface area contributed by atoms with Gasteiger partial charge in [0.2, 0.25) is 0 Å². The van der Waals surface area contributed by atoms with Gasteiger partial charge in [0.1, 0.15) is 11.6 Å². The van der Waals surface area contributed by atoms with Gasteiger partial charge in [0, 0.05) is 22.8 Å². The van der Waals surface area contributed by atoms with Crippen molar-refractivity contribution in [3.05, 3.63) is 105 Å². The van der Waals surface area contributed by atoms with Gasteiger partial charge < -0.3 is 4.74 Å². The predicted octanol–water partition coefficient (Wildman–Crippen LogP) is 6.10. The van der Waals surface area contributed by atoms with Gasteiger partial charge in [0.25, 0.3) is 5.91 Å². The average Bonchev–Trinajstić information content (AvgIpc) is 3.29. The van der Waals surface area contributed by atoms with E-state index in [2.05, 4.69) is 20.9 Å². The standard InChI is InChI=1S/C28H22BrF2N3O3/c29-21-13-20(14-32-15-21)28(36)37-16-25(35)34-27(18-6-10-23(31)11-7-18)24-3-1-2-19(26(24)33-34)12-17-4-8-22(30)9-5-17/h4-15,24,27H,1-3,16H2. The number of carbonyl (C=O) groups excluding carboxylic acids is 2. The maximum Gasteiger partial charge on any atom is 0.340 e. The van der Waals surface area contributed by atoms with Crippen LogP contribution in [0.4, 0.5) is 8.78 Å².